The third-order valence-electron chi connectivity index (χ3n) is 5.41. The molecule has 0 saturated carbocycles. The number of ether oxygens (including phenoxy) is 1. The number of nitrogens with zero attached hydrogens (tertiary/aromatic N) is 4. The van der Waals surface area contributed by atoms with Gasteiger partial charge in [0.1, 0.15) is 4.90 Å². The van der Waals surface area contributed by atoms with Crippen LogP contribution in [0.3, 0.4) is 0 Å². The van der Waals surface area contributed by atoms with E-state index in [1.165, 1.54) is 21.3 Å². The molecule has 11 heteroatoms. The van der Waals surface area contributed by atoms with E-state index < -0.39 is 14.9 Å². The summed E-state index contributed by atoms with van der Waals surface area (Å²) in [6.45, 7) is 4.94. The number of rotatable bonds is 6. The minimum atomic E-state index is -3.86. The van der Waals surface area contributed by atoms with Crippen LogP contribution in [-0.4, -0.2) is 75.0 Å². The number of sulfonamides is 1. The number of anilines is 1. The van der Waals surface area contributed by atoms with E-state index >= 15 is 0 Å². The zero-order chi connectivity index (χ0) is 21.1. The first-order valence-corrected chi connectivity index (χ1v) is 12.1. The van der Waals surface area contributed by atoms with E-state index in [0.29, 0.717) is 32.0 Å². The average molecular weight is 453 g/mol. The zero-order valence-electron chi connectivity index (χ0n) is 16.5. The predicted molar refractivity (Wildman–Crippen MR) is 114 cm³/mol. The SMILES string of the molecule is O=[N+]([O-])c1ccc(N2CCN(Cc3cccs3)CC2)c(S(=O)(=O)N2CCOCC2)c1. The molecule has 9 nitrogen and oxygen atoms in total. The molecule has 0 bridgehead atoms. The van der Waals surface area contributed by atoms with Crippen LogP contribution in [0.5, 0.6) is 0 Å². The van der Waals surface area contributed by atoms with Crippen molar-refractivity contribution in [1.82, 2.24) is 9.21 Å². The summed E-state index contributed by atoms with van der Waals surface area (Å²) in [5, 5.41) is 13.4. The van der Waals surface area contributed by atoms with Gasteiger partial charge >= 0.3 is 0 Å². The van der Waals surface area contributed by atoms with Gasteiger partial charge < -0.3 is 9.64 Å². The maximum absolute atomic E-state index is 13.3. The second-order valence-corrected chi connectivity index (χ2v) is 10.2. The van der Waals surface area contributed by atoms with Gasteiger partial charge in [-0.1, -0.05) is 6.07 Å². The van der Waals surface area contributed by atoms with Gasteiger partial charge in [-0.05, 0) is 17.5 Å². The first kappa shape index (κ1) is 21.2. The van der Waals surface area contributed by atoms with E-state index in [1.54, 1.807) is 17.4 Å². The van der Waals surface area contributed by atoms with Gasteiger partial charge in [-0.25, -0.2) is 8.42 Å². The van der Waals surface area contributed by atoms with Crippen LogP contribution in [0.15, 0.2) is 40.6 Å². The second-order valence-electron chi connectivity index (χ2n) is 7.27. The molecule has 0 spiro atoms. The Balaban J connectivity index is 1.57. The summed E-state index contributed by atoms with van der Waals surface area (Å²) >= 11 is 1.73. The third kappa shape index (κ3) is 4.49. The lowest BCUT2D eigenvalue weighted by Gasteiger charge is -2.37. The molecule has 30 heavy (non-hydrogen) atoms. The van der Waals surface area contributed by atoms with Crippen molar-refractivity contribution in [1.29, 1.82) is 0 Å². The van der Waals surface area contributed by atoms with Crippen LogP contribution >= 0.6 is 11.3 Å². The van der Waals surface area contributed by atoms with Gasteiger partial charge in [-0.2, -0.15) is 4.31 Å². The topological polar surface area (TPSA) is 96.2 Å². The molecule has 1 aromatic carbocycles. The van der Waals surface area contributed by atoms with Crippen molar-refractivity contribution in [3.8, 4) is 0 Å². The highest BCUT2D eigenvalue weighted by Gasteiger charge is 2.32. The lowest BCUT2D eigenvalue weighted by Crippen LogP contribution is -2.47. The quantitative estimate of drug-likeness (QED) is 0.489. The maximum atomic E-state index is 13.3. The Labute approximate surface area is 179 Å². The van der Waals surface area contributed by atoms with E-state index in [9.17, 15) is 18.5 Å². The first-order valence-electron chi connectivity index (χ1n) is 9.81. The molecule has 2 aromatic rings. The molecule has 2 aliphatic heterocycles. The summed E-state index contributed by atoms with van der Waals surface area (Å²) in [5.74, 6) is 0. The number of hydrogen-bond donors (Lipinski definition) is 0. The molecule has 0 aliphatic carbocycles. The highest BCUT2D eigenvalue weighted by atomic mass is 32.2. The molecule has 0 unspecified atom stereocenters. The summed E-state index contributed by atoms with van der Waals surface area (Å²) < 4.78 is 33.2. The number of nitro groups is 1. The van der Waals surface area contributed by atoms with Crippen LogP contribution in [0.2, 0.25) is 0 Å². The van der Waals surface area contributed by atoms with Crippen molar-refractivity contribution in [3.63, 3.8) is 0 Å². The van der Waals surface area contributed by atoms with Crippen molar-refractivity contribution in [2.75, 3.05) is 57.4 Å². The Bertz CT molecular complexity index is 982. The zero-order valence-corrected chi connectivity index (χ0v) is 18.1. The van der Waals surface area contributed by atoms with E-state index in [1.807, 2.05) is 11.0 Å². The van der Waals surface area contributed by atoms with Crippen molar-refractivity contribution in [3.05, 3.63) is 50.7 Å². The smallest absolute Gasteiger partial charge is 0.270 e. The molecule has 1 aromatic heterocycles. The van der Waals surface area contributed by atoms with Crippen LogP contribution in [0.1, 0.15) is 4.88 Å². The summed E-state index contributed by atoms with van der Waals surface area (Å²) in [6.07, 6.45) is 0. The molecule has 2 aliphatic rings. The number of morpholine rings is 1. The van der Waals surface area contributed by atoms with Gasteiger partial charge in [0.25, 0.3) is 5.69 Å². The van der Waals surface area contributed by atoms with Crippen LogP contribution in [0.25, 0.3) is 0 Å². The van der Waals surface area contributed by atoms with Gasteiger partial charge in [0.15, 0.2) is 0 Å². The maximum Gasteiger partial charge on any atom is 0.270 e. The predicted octanol–water partition coefficient (Wildman–Crippen LogP) is 2.00. The van der Waals surface area contributed by atoms with Crippen molar-refractivity contribution in [2.24, 2.45) is 0 Å². The van der Waals surface area contributed by atoms with Gasteiger partial charge in [0.2, 0.25) is 10.0 Å². The minimum Gasteiger partial charge on any atom is -0.379 e. The number of piperazine rings is 1. The average Bonchev–Trinajstić information content (AvgIpc) is 3.27. The molecule has 0 atom stereocenters. The Kier molecular flexibility index (Phi) is 6.34. The van der Waals surface area contributed by atoms with E-state index in [4.69, 9.17) is 4.74 Å². The molecule has 3 heterocycles. The Hall–Kier alpha value is -2.05. The van der Waals surface area contributed by atoms with Crippen molar-refractivity contribution in [2.45, 2.75) is 11.4 Å². The number of non-ortho nitro benzene ring substituents is 1. The molecular weight excluding hydrogens is 428 g/mol. The van der Waals surface area contributed by atoms with Crippen LogP contribution in [0.4, 0.5) is 11.4 Å². The van der Waals surface area contributed by atoms with Crippen LogP contribution < -0.4 is 4.90 Å². The van der Waals surface area contributed by atoms with Crippen molar-refractivity contribution < 1.29 is 18.1 Å². The fourth-order valence-corrected chi connectivity index (χ4v) is 6.17. The standard InChI is InChI=1S/C19H24N4O5S2/c24-23(25)16-3-4-18(19(14-16)30(26,27)22-9-11-28-12-10-22)21-7-5-20(6-8-21)15-17-2-1-13-29-17/h1-4,13-14H,5-12,15H2. The Morgan fingerprint density at radius 3 is 2.43 bits per heavy atom. The van der Waals surface area contributed by atoms with E-state index in [0.717, 1.165) is 19.6 Å². The summed E-state index contributed by atoms with van der Waals surface area (Å²) in [6, 6.07) is 8.29. The van der Waals surface area contributed by atoms with Crippen LogP contribution in [0, 0.1) is 10.1 Å². The highest BCUT2D eigenvalue weighted by molar-refractivity contribution is 7.89. The third-order valence-corrected chi connectivity index (χ3v) is 8.20. The highest BCUT2D eigenvalue weighted by Crippen LogP contribution is 2.32. The van der Waals surface area contributed by atoms with Gasteiger partial charge in [0.05, 0.1) is 23.8 Å². The van der Waals surface area contributed by atoms with E-state index in [2.05, 4.69) is 16.3 Å². The van der Waals surface area contributed by atoms with Gasteiger partial charge in [-0.15, -0.1) is 11.3 Å². The summed E-state index contributed by atoms with van der Waals surface area (Å²) in [4.78, 5) is 16.4. The molecule has 162 valence electrons. The number of benzene rings is 1. The molecular formula is C19H24N4O5S2. The Morgan fingerprint density at radius 1 is 1.07 bits per heavy atom. The molecule has 0 amide bonds. The largest absolute Gasteiger partial charge is 0.379 e. The Morgan fingerprint density at radius 2 is 1.80 bits per heavy atom. The van der Waals surface area contributed by atoms with E-state index in [-0.39, 0.29) is 23.7 Å². The minimum absolute atomic E-state index is 0.00491. The number of thiophene rings is 1. The molecule has 0 radical (unpaired) electrons. The lowest BCUT2D eigenvalue weighted by atomic mass is 10.2. The monoisotopic (exact) mass is 452 g/mol. The molecule has 4 rings (SSSR count). The molecule has 2 saturated heterocycles. The lowest BCUT2D eigenvalue weighted by molar-refractivity contribution is -0.385. The first-order chi connectivity index (χ1) is 14.4. The fourth-order valence-electron chi connectivity index (χ4n) is 3.78. The van der Waals surface area contributed by atoms with Gasteiger partial charge in [-0.3, -0.25) is 15.0 Å². The normalized spacial score (nSPS) is 19.1. The second kappa shape index (κ2) is 8.98. The molecule has 0 N–H and O–H groups in total. The van der Waals surface area contributed by atoms with Crippen molar-refractivity contribution >= 4 is 32.7 Å². The summed E-state index contributed by atoms with van der Waals surface area (Å²) in [5.41, 5.74) is 0.310. The fraction of sp³-hybridized carbons (Fsp3) is 0.474. The molecule has 2 fully saturated rings. The number of nitro benzene ring substituents is 1. The number of hydrogen-bond acceptors (Lipinski definition) is 8. The van der Waals surface area contributed by atoms with Gasteiger partial charge in [0, 0.05) is 62.8 Å². The van der Waals surface area contributed by atoms with Crippen LogP contribution in [-0.2, 0) is 21.3 Å². The summed E-state index contributed by atoms with van der Waals surface area (Å²) in [7, 11) is -3.86.